The molecule has 0 N–H and O–H groups in total. The Kier molecular flexibility index (Phi) is 4.01. The third-order valence-corrected chi connectivity index (χ3v) is 4.55. The summed E-state index contributed by atoms with van der Waals surface area (Å²) in [4.78, 5) is -0.112. The van der Waals surface area contributed by atoms with Crippen LogP contribution in [0.25, 0.3) is 0 Å². The molecule has 0 aliphatic heterocycles. The van der Waals surface area contributed by atoms with E-state index in [1.807, 2.05) is 0 Å². The zero-order chi connectivity index (χ0) is 12.4. The summed E-state index contributed by atoms with van der Waals surface area (Å²) >= 11 is 2.99. The number of halogens is 4. The summed E-state index contributed by atoms with van der Waals surface area (Å²) in [5.74, 6) is -0.931. The van der Waals surface area contributed by atoms with Crippen molar-refractivity contribution >= 4 is 25.8 Å². The molecule has 0 fully saturated rings. The Morgan fingerprint density at radius 1 is 1.19 bits per heavy atom. The predicted octanol–water partition coefficient (Wildman–Crippen LogP) is 3.18. The van der Waals surface area contributed by atoms with Gasteiger partial charge >= 0.3 is 6.18 Å². The Balaban J connectivity index is 2.92. The number of benzene rings is 1. The molecule has 1 rings (SSSR count). The monoisotopic (exact) mass is 316 g/mol. The van der Waals surface area contributed by atoms with E-state index in [4.69, 9.17) is 0 Å². The summed E-state index contributed by atoms with van der Waals surface area (Å²) in [6.07, 6.45) is -5.80. The summed E-state index contributed by atoms with van der Waals surface area (Å²) in [6.45, 7) is 0. The number of sulfone groups is 1. The van der Waals surface area contributed by atoms with Crippen molar-refractivity contribution in [3.8, 4) is 0 Å². The van der Waals surface area contributed by atoms with E-state index in [1.165, 1.54) is 18.2 Å². The average Bonchev–Trinajstić information content (AvgIpc) is 2.14. The summed E-state index contributed by atoms with van der Waals surface area (Å²) in [5, 5.41) is 0. The van der Waals surface area contributed by atoms with Crippen molar-refractivity contribution in [3.63, 3.8) is 0 Å². The summed E-state index contributed by atoms with van der Waals surface area (Å²) in [7, 11) is -3.89. The van der Waals surface area contributed by atoms with Crippen molar-refractivity contribution in [1.82, 2.24) is 0 Å². The van der Waals surface area contributed by atoms with Crippen molar-refractivity contribution in [2.75, 3.05) is 5.75 Å². The fourth-order valence-corrected chi connectivity index (χ4v) is 3.45. The minimum Gasteiger partial charge on any atom is -0.224 e. The van der Waals surface area contributed by atoms with Gasteiger partial charge in [-0.1, -0.05) is 12.1 Å². The molecule has 0 aliphatic carbocycles. The molecule has 2 nitrogen and oxygen atoms in total. The lowest BCUT2D eigenvalue weighted by Gasteiger charge is -2.08. The highest BCUT2D eigenvalue weighted by Gasteiger charge is 2.30. The van der Waals surface area contributed by atoms with Crippen LogP contribution in [0, 0.1) is 0 Å². The molecule has 0 atom stereocenters. The number of rotatable bonds is 3. The maximum absolute atomic E-state index is 11.9. The van der Waals surface area contributed by atoms with E-state index in [9.17, 15) is 21.6 Å². The lowest BCUT2D eigenvalue weighted by Crippen LogP contribution is -2.16. The van der Waals surface area contributed by atoms with Gasteiger partial charge in [0.25, 0.3) is 0 Å². The number of alkyl halides is 3. The molecule has 0 heterocycles. The maximum atomic E-state index is 11.9. The van der Waals surface area contributed by atoms with Crippen LogP contribution in [0.15, 0.2) is 33.6 Å². The first kappa shape index (κ1) is 13.5. The van der Waals surface area contributed by atoms with Gasteiger partial charge in [-0.15, -0.1) is 0 Å². The molecule has 16 heavy (non-hydrogen) atoms. The van der Waals surface area contributed by atoms with Crippen LogP contribution >= 0.6 is 15.9 Å². The maximum Gasteiger partial charge on any atom is 0.390 e. The molecule has 0 aliphatic rings. The lowest BCUT2D eigenvalue weighted by atomic mass is 10.4. The number of hydrogen-bond acceptors (Lipinski definition) is 2. The summed E-state index contributed by atoms with van der Waals surface area (Å²) in [6, 6.07) is 5.80. The quantitative estimate of drug-likeness (QED) is 0.858. The Bertz CT molecular complexity index is 468. The molecule has 1 aromatic rings. The smallest absolute Gasteiger partial charge is 0.224 e. The third-order valence-electron chi connectivity index (χ3n) is 1.83. The minimum absolute atomic E-state index is 0.112. The molecule has 0 bridgehead atoms. The van der Waals surface area contributed by atoms with Gasteiger partial charge in [0.2, 0.25) is 0 Å². The fraction of sp³-hybridized carbons (Fsp3) is 0.333. The molecule has 0 saturated carbocycles. The molecule has 0 radical (unpaired) electrons. The van der Waals surface area contributed by atoms with Gasteiger partial charge in [-0.05, 0) is 28.1 Å². The zero-order valence-corrected chi connectivity index (χ0v) is 10.4. The van der Waals surface area contributed by atoms with Gasteiger partial charge < -0.3 is 0 Å². The highest BCUT2D eigenvalue weighted by Crippen LogP contribution is 2.26. The molecular weight excluding hydrogens is 309 g/mol. The van der Waals surface area contributed by atoms with Crippen molar-refractivity contribution in [1.29, 1.82) is 0 Å². The summed E-state index contributed by atoms with van der Waals surface area (Å²) in [5.41, 5.74) is 0. The van der Waals surface area contributed by atoms with Gasteiger partial charge in [0, 0.05) is 4.47 Å². The molecular formula is C9H8BrF3O2S. The standard InChI is InChI=1S/C9H8BrF3O2S/c10-7-3-1-2-4-8(7)16(14,15)6-5-9(11,12)13/h1-4H,5-6H2. The van der Waals surface area contributed by atoms with Gasteiger partial charge in [-0.25, -0.2) is 8.42 Å². The van der Waals surface area contributed by atoms with Gasteiger partial charge in [-0.2, -0.15) is 13.2 Å². The van der Waals surface area contributed by atoms with Crippen LogP contribution in [0.1, 0.15) is 6.42 Å². The van der Waals surface area contributed by atoms with Crippen molar-refractivity contribution in [2.45, 2.75) is 17.5 Å². The minimum atomic E-state index is -4.46. The van der Waals surface area contributed by atoms with Crippen molar-refractivity contribution in [3.05, 3.63) is 28.7 Å². The first-order chi connectivity index (χ1) is 7.22. The van der Waals surface area contributed by atoms with Crippen LogP contribution in [0.5, 0.6) is 0 Å². The number of hydrogen-bond donors (Lipinski definition) is 0. The molecule has 0 unspecified atom stereocenters. The van der Waals surface area contributed by atoms with Gasteiger partial charge in [0.15, 0.2) is 9.84 Å². The Labute approximate surface area is 99.5 Å². The Morgan fingerprint density at radius 3 is 2.25 bits per heavy atom. The second-order valence-corrected chi connectivity index (χ2v) is 6.05. The first-order valence-corrected chi connectivity index (χ1v) is 6.71. The van der Waals surface area contributed by atoms with E-state index in [-0.39, 0.29) is 9.37 Å². The van der Waals surface area contributed by atoms with E-state index in [1.54, 1.807) is 6.07 Å². The molecule has 7 heteroatoms. The van der Waals surface area contributed by atoms with E-state index < -0.39 is 28.2 Å². The molecule has 0 spiro atoms. The molecule has 1 aromatic carbocycles. The van der Waals surface area contributed by atoms with Crippen LogP contribution in [0.3, 0.4) is 0 Å². The highest BCUT2D eigenvalue weighted by molar-refractivity contribution is 9.10. The van der Waals surface area contributed by atoms with Crippen LogP contribution in [0.4, 0.5) is 13.2 Å². The highest BCUT2D eigenvalue weighted by atomic mass is 79.9. The second-order valence-electron chi connectivity index (χ2n) is 3.11. The van der Waals surface area contributed by atoms with Crippen molar-refractivity contribution in [2.24, 2.45) is 0 Å². The van der Waals surface area contributed by atoms with Gasteiger partial charge in [-0.3, -0.25) is 0 Å². The van der Waals surface area contributed by atoms with Crippen LogP contribution in [-0.4, -0.2) is 20.3 Å². The van der Waals surface area contributed by atoms with Gasteiger partial charge in [0.05, 0.1) is 17.1 Å². The Hall–Kier alpha value is -0.560. The topological polar surface area (TPSA) is 34.1 Å². The van der Waals surface area contributed by atoms with Crippen LogP contribution in [-0.2, 0) is 9.84 Å². The van der Waals surface area contributed by atoms with E-state index in [0.717, 1.165) is 0 Å². The fourth-order valence-electron chi connectivity index (χ4n) is 1.06. The SMILES string of the molecule is O=S(=O)(CCC(F)(F)F)c1ccccc1Br. The van der Waals surface area contributed by atoms with Crippen molar-refractivity contribution < 1.29 is 21.6 Å². The zero-order valence-electron chi connectivity index (χ0n) is 7.96. The average molecular weight is 317 g/mol. The van der Waals surface area contributed by atoms with E-state index in [0.29, 0.717) is 0 Å². The van der Waals surface area contributed by atoms with E-state index in [2.05, 4.69) is 15.9 Å². The van der Waals surface area contributed by atoms with Crippen LogP contribution in [0.2, 0.25) is 0 Å². The van der Waals surface area contributed by atoms with Crippen LogP contribution < -0.4 is 0 Å². The van der Waals surface area contributed by atoms with Gasteiger partial charge in [0.1, 0.15) is 0 Å². The Morgan fingerprint density at radius 2 is 1.75 bits per heavy atom. The third kappa shape index (κ3) is 3.79. The second kappa shape index (κ2) is 4.75. The molecule has 0 aromatic heterocycles. The van der Waals surface area contributed by atoms with E-state index >= 15 is 0 Å². The molecule has 90 valence electrons. The lowest BCUT2D eigenvalue weighted by molar-refractivity contribution is -0.129. The first-order valence-electron chi connectivity index (χ1n) is 4.26. The predicted molar refractivity (Wildman–Crippen MR) is 56.9 cm³/mol. The molecule has 0 saturated heterocycles. The largest absolute Gasteiger partial charge is 0.390 e. The molecule has 0 amide bonds. The normalized spacial score (nSPS) is 12.8. The summed E-state index contributed by atoms with van der Waals surface area (Å²) < 4.78 is 59.2.